The van der Waals surface area contributed by atoms with Gasteiger partial charge >= 0.3 is 0 Å². The minimum absolute atomic E-state index is 0.531. The average molecular weight is 245 g/mol. The van der Waals surface area contributed by atoms with Crippen molar-refractivity contribution in [1.29, 1.82) is 0 Å². The van der Waals surface area contributed by atoms with Crippen molar-refractivity contribution in [3.63, 3.8) is 0 Å². The summed E-state index contributed by atoms with van der Waals surface area (Å²) in [6.07, 6.45) is 2.81. The summed E-state index contributed by atoms with van der Waals surface area (Å²) < 4.78 is 10.9. The summed E-state index contributed by atoms with van der Waals surface area (Å²) in [6, 6.07) is 8.21. The second-order valence-corrected chi connectivity index (χ2v) is 5.83. The van der Waals surface area contributed by atoms with Crippen molar-refractivity contribution < 1.29 is 4.57 Å². The van der Waals surface area contributed by atoms with Gasteiger partial charge in [0.15, 0.2) is 0 Å². The number of nitrogens with two attached hydrogens (primary N) is 2. The number of nitrogens with one attached hydrogen (secondary N) is 1. The van der Waals surface area contributed by atoms with Crippen LogP contribution in [0.4, 0.5) is 0 Å². The standard InChI is InChI=1S/C9H16N3OPS/c1-15-9-4-2-8(3-5-9)6-7-12-14(10,11)13/h2-5H,6-7H2,1H3,(H5,10,11,12,13). The Morgan fingerprint density at radius 1 is 1.33 bits per heavy atom. The maximum absolute atomic E-state index is 10.9. The minimum atomic E-state index is -3.07. The molecule has 1 rings (SSSR count). The van der Waals surface area contributed by atoms with Gasteiger partial charge in [0.25, 0.3) is 7.59 Å². The van der Waals surface area contributed by atoms with Crippen molar-refractivity contribution in [3.8, 4) is 0 Å². The van der Waals surface area contributed by atoms with Crippen LogP contribution in [-0.2, 0) is 11.0 Å². The molecule has 0 atom stereocenters. The Balaban J connectivity index is 2.41. The van der Waals surface area contributed by atoms with Gasteiger partial charge in [-0.1, -0.05) is 12.1 Å². The second kappa shape index (κ2) is 5.68. The van der Waals surface area contributed by atoms with Crippen LogP contribution < -0.4 is 16.1 Å². The highest BCUT2D eigenvalue weighted by molar-refractivity contribution is 7.98. The van der Waals surface area contributed by atoms with Gasteiger partial charge in [-0.25, -0.2) is 5.09 Å². The van der Waals surface area contributed by atoms with Crippen molar-refractivity contribution >= 4 is 19.4 Å². The zero-order valence-corrected chi connectivity index (χ0v) is 10.4. The molecule has 0 aliphatic carbocycles. The molecule has 1 aromatic carbocycles. The first kappa shape index (κ1) is 12.7. The number of hydrogen-bond acceptors (Lipinski definition) is 2. The van der Waals surface area contributed by atoms with Crippen molar-refractivity contribution in [2.45, 2.75) is 11.3 Å². The van der Waals surface area contributed by atoms with Crippen LogP contribution >= 0.6 is 19.4 Å². The first-order valence-corrected chi connectivity index (χ1v) is 7.63. The molecule has 0 saturated heterocycles. The molecule has 0 spiro atoms. The van der Waals surface area contributed by atoms with Crippen LogP contribution in [0.3, 0.4) is 0 Å². The first-order chi connectivity index (χ1) is 7.01. The van der Waals surface area contributed by atoms with E-state index in [1.165, 1.54) is 10.5 Å². The Labute approximate surface area is 94.3 Å². The van der Waals surface area contributed by atoms with Gasteiger partial charge < -0.3 is 0 Å². The van der Waals surface area contributed by atoms with E-state index in [9.17, 15) is 4.57 Å². The maximum atomic E-state index is 10.9. The van der Waals surface area contributed by atoms with Crippen LogP contribution in [0.1, 0.15) is 5.56 Å². The fraction of sp³-hybridized carbons (Fsp3) is 0.333. The summed E-state index contributed by atoms with van der Waals surface area (Å²) in [6.45, 7) is 0.531. The van der Waals surface area contributed by atoms with E-state index < -0.39 is 7.59 Å². The Morgan fingerprint density at radius 3 is 2.40 bits per heavy atom. The lowest BCUT2D eigenvalue weighted by atomic mass is 10.2. The molecule has 0 aliphatic heterocycles. The van der Waals surface area contributed by atoms with Gasteiger partial charge in [0, 0.05) is 11.4 Å². The molecule has 0 radical (unpaired) electrons. The number of thioether (sulfide) groups is 1. The van der Waals surface area contributed by atoms with Gasteiger partial charge in [-0.2, -0.15) is 0 Å². The Bertz CT molecular complexity index is 349. The molecule has 1 aromatic rings. The molecule has 6 heteroatoms. The molecular weight excluding hydrogens is 229 g/mol. The second-order valence-electron chi connectivity index (χ2n) is 3.22. The molecule has 0 unspecified atom stereocenters. The number of benzene rings is 1. The fourth-order valence-electron chi connectivity index (χ4n) is 1.17. The highest BCUT2D eigenvalue weighted by Crippen LogP contribution is 2.18. The van der Waals surface area contributed by atoms with Crippen LogP contribution in [0.5, 0.6) is 0 Å². The smallest absolute Gasteiger partial charge is 0.271 e. The summed E-state index contributed by atoms with van der Waals surface area (Å²) in [4.78, 5) is 1.23. The summed E-state index contributed by atoms with van der Waals surface area (Å²) in [5.41, 5.74) is 11.5. The molecule has 15 heavy (non-hydrogen) atoms. The third kappa shape index (κ3) is 5.35. The summed E-state index contributed by atoms with van der Waals surface area (Å²) >= 11 is 1.71. The van der Waals surface area contributed by atoms with Crippen molar-refractivity contribution in [3.05, 3.63) is 29.8 Å². The molecule has 4 nitrogen and oxygen atoms in total. The summed E-state index contributed by atoms with van der Waals surface area (Å²) in [5, 5.41) is 2.60. The highest BCUT2D eigenvalue weighted by Gasteiger charge is 2.05. The predicted octanol–water partition coefficient (Wildman–Crippen LogP) is 1.57. The number of rotatable bonds is 5. The SMILES string of the molecule is CSc1ccc(CCNP(N)(N)=O)cc1. The van der Waals surface area contributed by atoms with Gasteiger partial charge in [-0.15, -0.1) is 11.8 Å². The van der Waals surface area contributed by atoms with Gasteiger partial charge in [-0.05, 0) is 30.4 Å². The zero-order valence-electron chi connectivity index (χ0n) is 8.64. The largest absolute Gasteiger partial charge is 0.273 e. The molecule has 0 aromatic heterocycles. The molecule has 0 heterocycles. The van der Waals surface area contributed by atoms with Crippen LogP contribution in [0.25, 0.3) is 0 Å². The number of hydrogen-bond donors (Lipinski definition) is 3. The molecular formula is C9H16N3OPS. The minimum Gasteiger partial charge on any atom is -0.271 e. The molecule has 5 N–H and O–H groups in total. The van der Waals surface area contributed by atoms with Gasteiger partial charge in [0.05, 0.1) is 0 Å². The monoisotopic (exact) mass is 245 g/mol. The van der Waals surface area contributed by atoms with Crippen LogP contribution in [-0.4, -0.2) is 12.8 Å². The Kier molecular flexibility index (Phi) is 4.83. The van der Waals surface area contributed by atoms with E-state index in [1.54, 1.807) is 11.8 Å². The third-order valence-corrected chi connectivity index (χ3v) is 3.39. The van der Waals surface area contributed by atoms with E-state index in [0.717, 1.165) is 6.42 Å². The lowest BCUT2D eigenvalue weighted by Crippen LogP contribution is -2.24. The molecule has 0 fully saturated rings. The first-order valence-electron chi connectivity index (χ1n) is 4.56. The van der Waals surface area contributed by atoms with Gasteiger partial charge in [-0.3, -0.25) is 15.6 Å². The lowest BCUT2D eigenvalue weighted by molar-refractivity contribution is 0.566. The average Bonchev–Trinajstić information content (AvgIpc) is 2.17. The highest BCUT2D eigenvalue weighted by atomic mass is 32.2. The molecule has 0 amide bonds. The topological polar surface area (TPSA) is 81.1 Å². The van der Waals surface area contributed by atoms with Gasteiger partial charge in [0.2, 0.25) is 0 Å². The summed E-state index contributed by atoms with van der Waals surface area (Å²) in [5.74, 6) is 0. The quantitative estimate of drug-likeness (QED) is 0.542. The Hall–Kier alpha value is -0.320. The molecule has 84 valence electrons. The van der Waals surface area contributed by atoms with Crippen molar-refractivity contribution in [1.82, 2.24) is 5.09 Å². The molecule has 0 bridgehead atoms. The molecule has 0 saturated carbocycles. The maximum Gasteiger partial charge on any atom is 0.273 e. The van der Waals surface area contributed by atoms with E-state index in [1.807, 2.05) is 18.4 Å². The van der Waals surface area contributed by atoms with Crippen molar-refractivity contribution in [2.24, 2.45) is 11.0 Å². The van der Waals surface area contributed by atoms with Crippen LogP contribution in [0, 0.1) is 0 Å². The predicted molar refractivity (Wildman–Crippen MR) is 65.9 cm³/mol. The van der Waals surface area contributed by atoms with E-state index in [2.05, 4.69) is 17.2 Å². The van der Waals surface area contributed by atoms with E-state index in [4.69, 9.17) is 11.0 Å². The van der Waals surface area contributed by atoms with E-state index in [-0.39, 0.29) is 0 Å². The van der Waals surface area contributed by atoms with E-state index in [0.29, 0.717) is 6.54 Å². The third-order valence-electron chi connectivity index (χ3n) is 1.93. The van der Waals surface area contributed by atoms with Gasteiger partial charge in [0.1, 0.15) is 0 Å². The zero-order chi connectivity index (χ0) is 11.3. The van der Waals surface area contributed by atoms with Crippen LogP contribution in [0.2, 0.25) is 0 Å². The lowest BCUT2D eigenvalue weighted by Gasteiger charge is -2.08. The fourth-order valence-corrected chi connectivity index (χ4v) is 2.04. The summed E-state index contributed by atoms with van der Waals surface area (Å²) in [7, 11) is -3.07. The normalized spacial score (nSPS) is 11.7. The Morgan fingerprint density at radius 2 is 1.93 bits per heavy atom. The molecule has 0 aliphatic rings. The van der Waals surface area contributed by atoms with Crippen molar-refractivity contribution in [2.75, 3.05) is 12.8 Å². The van der Waals surface area contributed by atoms with Crippen LogP contribution in [0.15, 0.2) is 29.2 Å². The van der Waals surface area contributed by atoms with E-state index >= 15 is 0 Å².